The van der Waals surface area contributed by atoms with Crippen LogP contribution in [0.2, 0.25) is 0 Å². The van der Waals surface area contributed by atoms with Gasteiger partial charge in [-0.05, 0) is 57.8 Å². The Balaban J connectivity index is 1.93. The molecule has 0 aliphatic carbocycles. The van der Waals surface area contributed by atoms with Crippen molar-refractivity contribution in [1.29, 1.82) is 0 Å². The highest BCUT2D eigenvalue weighted by Crippen LogP contribution is 2.20. The zero-order valence-corrected chi connectivity index (χ0v) is 13.2. The van der Waals surface area contributed by atoms with Gasteiger partial charge in [0.2, 0.25) is 5.91 Å². The number of hydrogen-bond donors (Lipinski definition) is 2. The lowest BCUT2D eigenvalue weighted by Crippen LogP contribution is -2.44. The molecule has 0 aromatic heterocycles. The van der Waals surface area contributed by atoms with Crippen molar-refractivity contribution in [1.82, 2.24) is 4.90 Å². The summed E-state index contributed by atoms with van der Waals surface area (Å²) in [6.07, 6.45) is 4.57. The van der Waals surface area contributed by atoms with E-state index in [1.807, 2.05) is 19.1 Å². The van der Waals surface area contributed by atoms with Crippen LogP contribution in [0.4, 0.5) is 5.69 Å². The maximum absolute atomic E-state index is 12.3. The Labute approximate surface area is 127 Å². The van der Waals surface area contributed by atoms with Crippen LogP contribution in [0.1, 0.15) is 36.8 Å². The van der Waals surface area contributed by atoms with E-state index in [1.165, 1.54) is 18.4 Å². The molecule has 1 unspecified atom stereocenters. The first-order chi connectivity index (χ1) is 10.1. The summed E-state index contributed by atoms with van der Waals surface area (Å²) in [5.41, 5.74) is 8.92. The minimum absolute atomic E-state index is 0.0749. The Hall–Kier alpha value is -1.39. The van der Waals surface area contributed by atoms with Gasteiger partial charge in [-0.3, -0.25) is 9.69 Å². The Morgan fingerprint density at radius 2 is 2.19 bits per heavy atom. The van der Waals surface area contributed by atoms with Crippen LogP contribution in [-0.2, 0) is 4.79 Å². The van der Waals surface area contributed by atoms with E-state index in [4.69, 9.17) is 5.73 Å². The number of benzene rings is 1. The fourth-order valence-electron chi connectivity index (χ4n) is 3.12. The van der Waals surface area contributed by atoms with Crippen molar-refractivity contribution in [2.45, 2.75) is 45.6 Å². The lowest BCUT2D eigenvalue weighted by molar-refractivity contribution is -0.118. The maximum Gasteiger partial charge on any atom is 0.238 e. The van der Waals surface area contributed by atoms with Gasteiger partial charge in [-0.15, -0.1) is 0 Å². The molecular formula is C17H27N3O. The third-order valence-electron chi connectivity index (χ3n) is 4.25. The highest BCUT2D eigenvalue weighted by Gasteiger charge is 2.23. The van der Waals surface area contributed by atoms with Crippen molar-refractivity contribution >= 4 is 11.6 Å². The number of anilines is 1. The number of hydrogen-bond acceptors (Lipinski definition) is 3. The van der Waals surface area contributed by atoms with E-state index in [-0.39, 0.29) is 5.91 Å². The number of amides is 1. The number of carbonyl (C=O) groups is 1. The molecule has 1 aliphatic heterocycles. The van der Waals surface area contributed by atoms with E-state index >= 15 is 0 Å². The molecule has 1 amide bonds. The van der Waals surface area contributed by atoms with Crippen molar-refractivity contribution in [2.75, 3.05) is 25.0 Å². The summed E-state index contributed by atoms with van der Waals surface area (Å²) in [4.78, 5) is 14.6. The van der Waals surface area contributed by atoms with Crippen LogP contribution in [0.3, 0.4) is 0 Å². The summed E-state index contributed by atoms with van der Waals surface area (Å²) in [6.45, 7) is 6.26. The molecule has 0 spiro atoms. The van der Waals surface area contributed by atoms with Crippen molar-refractivity contribution in [3.05, 3.63) is 29.3 Å². The van der Waals surface area contributed by atoms with Crippen LogP contribution >= 0.6 is 0 Å². The Morgan fingerprint density at radius 3 is 2.90 bits per heavy atom. The molecule has 2 rings (SSSR count). The van der Waals surface area contributed by atoms with Gasteiger partial charge in [-0.1, -0.05) is 24.1 Å². The molecule has 116 valence electrons. The molecule has 4 heteroatoms. The number of rotatable bonds is 5. The summed E-state index contributed by atoms with van der Waals surface area (Å²) in [7, 11) is 0. The standard InChI is InChI=1S/C17H27N3O/c1-13-6-7-16(14(2)11-13)19-17(21)12-20-10-4-3-5-15(20)8-9-18/h6-7,11,15H,3-5,8-10,12,18H2,1-2H3,(H,19,21). The van der Waals surface area contributed by atoms with E-state index in [0.29, 0.717) is 19.1 Å². The summed E-state index contributed by atoms with van der Waals surface area (Å²) < 4.78 is 0. The molecule has 1 aliphatic rings. The summed E-state index contributed by atoms with van der Waals surface area (Å²) >= 11 is 0. The van der Waals surface area contributed by atoms with Gasteiger partial charge in [0.25, 0.3) is 0 Å². The van der Waals surface area contributed by atoms with Crippen molar-refractivity contribution in [3.8, 4) is 0 Å². The van der Waals surface area contributed by atoms with Gasteiger partial charge < -0.3 is 11.1 Å². The van der Waals surface area contributed by atoms with Crippen LogP contribution in [0.5, 0.6) is 0 Å². The summed E-state index contributed by atoms with van der Waals surface area (Å²) in [6, 6.07) is 6.57. The van der Waals surface area contributed by atoms with Crippen molar-refractivity contribution in [2.24, 2.45) is 5.73 Å². The predicted molar refractivity (Wildman–Crippen MR) is 87.4 cm³/mol. The molecule has 1 heterocycles. The monoisotopic (exact) mass is 289 g/mol. The zero-order valence-electron chi connectivity index (χ0n) is 13.2. The smallest absolute Gasteiger partial charge is 0.238 e. The first-order valence-corrected chi connectivity index (χ1v) is 7.91. The van der Waals surface area contributed by atoms with E-state index < -0.39 is 0 Å². The number of nitrogens with zero attached hydrogens (tertiary/aromatic N) is 1. The lowest BCUT2D eigenvalue weighted by Gasteiger charge is -2.35. The van der Waals surface area contributed by atoms with E-state index in [0.717, 1.165) is 30.6 Å². The second-order valence-corrected chi connectivity index (χ2v) is 6.06. The number of nitrogens with two attached hydrogens (primary N) is 1. The number of piperidine rings is 1. The quantitative estimate of drug-likeness (QED) is 0.875. The molecule has 1 atom stereocenters. The van der Waals surface area contributed by atoms with Crippen LogP contribution in [0, 0.1) is 13.8 Å². The molecule has 1 fully saturated rings. The number of carbonyl (C=O) groups excluding carboxylic acids is 1. The number of nitrogens with one attached hydrogen (secondary N) is 1. The third kappa shape index (κ3) is 4.55. The van der Waals surface area contributed by atoms with Crippen LogP contribution < -0.4 is 11.1 Å². The van der Waals surface area contributed by atoms with Gasteiger partial charge in [0, 0.05) is 11.7 Å². The molecule has 1 aromatic rings. The maximum atomic E-state index is 12.3. The van der Waals surface area contributed by atoms with E-state index in [2.05, 4.69) is 23.2 Å². The second kappa shape index (κ2) is 7.57. The molecule has 0 saturated carbocycles. The Kier molecular flexibility index (Phi) is 5.76. The number of likely N-dealkylation sites (tertiary alicyclic amines) is 1. The molecule has 1 aromatic carbocycles. The number of aryl methyl sites for hydroxylation is 2. The average Bonchev–Trinajstić information content (AvgIpc) is 2.44. The molecule has 4 nitrogen and oxygen atoms in total. The normalized spacial score (nSPS) is 19.5. The lowest BCUT2D eigenvalue weighted by atomic mass is 9.99. The van der Waals surface area contributed by atoms with E-state index in [9.17, 15) is 4.79 Å². The summed E-state index contributed by atoms with van der Waals surface area (Å²) in [5.74, 6) is 0.0749. The molecule has 1 saturated heterocycles. The molecular weight excluding hydrogens is 262 g/mol. The first-order valence-electron chi connectivity index (χ1n) is 7.91. The summed E-state index contributed by atoms with van der Waals surface area (Å²) in [5, 5.41) is 3.04. The van der Waals surface area contributed by atoms with Crippen molar-refractivity contribution in [3.63, 3.8) is 0 Å². The molecule has 0 bridgehead atoms. The highest BCUT2D eigenvalue weighted by molar-refractivity contribution is 5.93. The fraction of sp³-hybridized carbons (Fsp3) is 0.588. The minimum atomic E-state index is 0.0749. The topological polar surface area (TPSA) is 58.4 Å². The van der Waals surface area contributed by atoms with Crippen LogP contribution in [0.15, 0.2) is 18.2 Å². The Morgan fingerprint density at radius 1 is 1.38 bits per heavy atom. The first kappa shape index (κ1) is 16.0. The van der Waals surface area contributed by atoms with Crippen LogP contribution in [-0.4, -0.2) is 36.5 Å². The van der Waals surface area contributed by atoms with Crippen LogP contribution in [0.25, 0.3) is 0 Å². The molecule has 3 N–H and O–H groups in total. The van der Waals surface area contributed by atoms with Gasteiger partial charge in [0.05, 0.1) is 6.54 Å². The zero-order chi connectivity index (χ0) is 15.2. The molecule has 21 heavy (non-hydrogen) atoms. The van der Waals surface area contributed by atoms with E-state index in [1.54, 1.807) is 0 Å². The van der Waals surface area contributed by atoms with Gasteiger partial charge in [0.1, 0.15) is 0 Å². The SMILES string of the molecule is Cc1ccc(NC(=O)CN2CCCCC2CCN)c(C)c1. The highest BCUT2D eigenvalue weighted by atomic mass is 16.2. The fourth-order valence-corrected chi connectivity index (χ4v) is 3.12. The average molecular weight is 289 g/mol. The Bertz CT molecular complexity index is 485. The molecule has 0 radical (unpaired) electrons. The van der Waals surface area contributed by atoms with Gasteiger partial charge in [-0.2, -0.15) is 0 Å². The van der Waals surface area contributed by atoms with Gasteiger partial charge >= 0.3 is 0 Å². The second-order valence-electron chi connectivity index (χ2n) is 6.06. The largest absolute Gasteiger partial charge is 0.330 e. The third-order valence-corrected chi connectivity index (χ3v) is 4.25. The predicted octanol–water partition coefficient (Wildman–Crippen LogP) is 2.45. The minimum Gasteiger partial charge on any atom is -0.330 e. The van der Waals surface area contributed by atoms with Gasteiger partial charge in [0.15, 0.2) is 0 Å². The van der Waals surface area contributed by atoms with Gasteiger partial charge in [-0.25, -0.2) is 0 Å². The van der Waals surface area contributed by atoms with Crippen molar-refractivity contribution < 1.29 is 4.79 Å².